The summed E-state index contributed by atoms with van der Waals surface area (Å²) in [5.41, 5.74) is 7.57. The SMILES string of the molecule is CS(=O)(=O)c1cc2c(nc1N)CCC2. The van der Waals surface area contributed by atoms with Gasteiger partial charge in [-0.1, -0.05) is 0 Å². The molecule has 1 aliphatic carbocycles. The summed E-state index contributed by atoms with van der Waals surface area (Å²) in [7, 11) is -3.24. The Labute approximate surface area is 83.1 Å². The lowest BCUT2D eigenvalue weighted by molar-refractivity contribution is 0.602. The van der Waals surface area contributed by atoms with Gasteiger partial charge in [-0.25, -0.2) is 13.4 Å². The van der Waals surface area contributed by atoms with Crippen molar-refractivity contribution in [1.82, 2.24) is 4.98 Å². The van der Waals surface area contributed by atoms with E-state index in [0.717, 1.165) is 36.8 Å². The maximum Gasteiger partial charge on any atom is 0.179 e. The van der Waals surface area contributed by atoms with E-state index >= 15 is 0 Å². The maximum absolute atomic E-state index is 11.3. The lowest BCUT2D eigenvalue weighted by Crippen LogP contribution is -2.06. The number of hydrogen-bond acceptors (Lipinski definition) is 4. The molecule has 0 amide bonds. The number of nitrogen functional groups attached to an aromatic ring is 1. The molecule has 2 N–H and O–H groups in total. The molecule has 0 bridgehead atoms. The number of nitrogens with two attached hydrogens (primary N) is 1. The van der Waals surface area contributed by atoms with E-state index in [1.807, 2.05) is 0 Å². The first-order chi connectivity index (χ1) is 6.48. The summed E-state index contributed by atoms with van der Waals surface area (Å²) in [5, 5.41) is 0. The number of fused-ring (bicyclic) bond motifs is 1. The molecule has 0 saturated carbocycles. The van der Waals surface area contributed by atoms with E-state index in [2.05, 4.69) is 4.98 Å². The number of pyridine rings is 1. The summed E-state index contributed by atoms with van der Waals surface area (Å²) in [6, 6.07) is 1.67. The van der Waals surface area contributed by atoms with Crippen molar-refractivity contribution in [2.24, 2.45) is 0 Å². The highest BCUT2D eigenvalue weighted by molar-refractivity contribution is 7.90. The molecule has 0 fully saturated rings. The van der Waals surface area contributed by atoms with E-state index in [-0.39, 0.29) is 10.7 Å². The number of aromatic nitrogens is 1. The fourth-order valence-electron chi connectivity index (χ4n) is 1.76. The largest absolute Gasteiger partial charge is 0.383 e. The summed E-state index contributed by atoms with van der Waals surface area (Å²) >= 11 is 0. The zero-order chi connectivity index (χ0) is 10.3. The first-order valence-electron chi connectivity index (χ1n) is 4.47. The summed E-state index contributed by atoms with van der Waals surface area (Å²) in [6.07, 6.45) is 4.01. The maximum atomic E-state index is 11.3. The van der Waals surface area contributed by atoms with Crippen LogP contribution in [-0.2, 0) is 22.7 Å². The summed E-state index contributed by atoms with van der Waals surface area (Å²) < 4.78 is 22.7. The van der Waals surface area contributed by atoms with Crippen molar-refractivity contribution < 1.29 is 8.42 Å². The summed E-state index contributed by atoms with van der Waals surface area (Å²) in [6.45, 7) is 0. The zero-order valence-electron chi connectivity index (χ0n) is 7.95. The molecular formula is C9H12N2O2S. The topological polar surface area (TPSA) is 73.0 Å². The lowest BCUT2D eigenvalue weighted by Gasteiger charge is -2.05. The Morgan fingerprint density at radius 3 is 2.79 bits per heavy atom. The molecule has 0 unspecified atom stereocenters. The third-order valence-corrected chi connectivity index (χ3v) is 3.57. The first kappa shape index (κ1) is 9.45. The number of nitrogens with zero attached hydrogens (tertiary/aromatic N) is 1. The van der Waals surface area contributed by atoms with Gasteiger partial charge in [-0.3, -0.25) is 0 Å². The first-order valence-corrected chi connectivity index (χ1v) is 6.36. The molecule has 0 saturated heterocycles. The van der Waals surface area contributed by atoms with E-state index in [0.29, 0.717) is 0 Å². The Morgan fingerprint density at radius 1 is 1.43 bits per heavy atom. The number of hydrogen-bond donors (Lipinski definition) is 1. The van der Waals surface area contributed by atoms with Crippen molar-refractivity contribution >= 4 is 15.7 Å². The number of rotatable bonds is 1. The molecular weight excluding hydrogens is 200 g/mol. The highest BCUT2D eigenvalue weighted by atomic mass is 32.2. The normalized spacial score (nSPS) is 15.5. The number of aryl methyl sites for hydroxylation is 2. The van der Waals surface area contributed by atoms with Gasteiger partial charge in [0.15, 0.2) is 9.84 Å². The van der Waals surface area contributed by atoms with E-state index < -0.39 is 9.84 Å². The van der Waals surface area contributed by atoms with Crippen molar-refractivity contribution in [2.45, 2.75) is 24.2 Å². The number of anilines is 1. The van der Waals surface area contributed by atoms with Gasteiger partial charge in [0.2, 0.25) is 0 Å². The lowest BCUT2D eigenvalue weighted by atomic mass is 10.2. The number of sulfone groups is 1. The average Bonchev–Trinajstić information content (AvgIpc) is 2.47. The minimum absolute atomic E-state index is 0.133. The van der Waals surface area contributed by atoms with Gasteiger partial charge < -0.3 is 5.73 Å². The third-order valence-electron chi connectivity index (χ3n) is 2.44. The monoisotopic (exact) mass is 212 g/mol. The van der Waals surface area contributed by atoms with Crippen LogP contribution < -0.4 is 5.73 Å². The van der Waals surface area contributed by atoms with Crippen molar-refractivity contribution in [1.29, 1.82) is 0 Å². The van der Waals surface area contributed by atoms with Gasteiger partial charge >= 0.3 is 0 Å². The molecule has 0 radical (unpaired) electrons. The molecule has 0 aliphatic heterocycles. The smallest absolute Gasteiger partial charge is 0.179 e. The summed E-state index contributed by atoms with van der Waals surface area (Å²) in [5.74, 6) is 0.133. The second kappa shape index (κ2) is 2.95. The Kier molecular flexibility index (Phi) is 1.99. The second-order valence-electron chi connectivity index (χ2n) is 3.60. The van der Waals surface area contributed by atoms with Gasteiger partial charge in [0.05, 0.1) is 0 Å². The van der Waals surface area contributed by atoms with Gasteiger partial charge in [0.1, 0.15) is 10.7 Å². The van der Waals surface area contributed by atoms with Crippen LogP contribution in [0, 0.1) is 0 Å². The molecule has 1 aromatic rings. The van der Waals surface area contributed by atoms with Crippen molar-refractivity contribution in [2.75, 3.05) is 12.0 Å². The van der Waals surface area contributed by atoms with Gasteiger partial charge in [0, 0.05) is 11.9 Å². The molecule has 1 heterocycles. The van der Waals surface area contributed by atoms with Crippen molar-refractivity contribution in [3.8, 4) is 0 Å². The fourth-order valence-corrected chi connectivity index (χ4v) is 2.55. The molecule has 0 atom stereocenters. The van der Waals surface area contributed by atoms with Crippen LogP contribution in [0.25, 0.3) is 0 Å². The average molecular weight is 212 g/mol. The third kappa shape index (κ3) is 1.48. The van der Waals surface area contributed by atoms with Crippen LogP contribution in [-0.4, -0.2) is 19.7 Å². The second-order valence-corrected chi connectivity index (χ2v) is 5.59. The molecule has 0 spiro atoms. The zero-order valence-corrected chi connectivity index (χ0v) is 8.76. The van der Waals surface area contributed by atoms with E-state index in [9.17, 15) is 8.42 Å². The van der Waals surface area contributed by atoms with E-state index in [1.54, 1.807) is 6.07 Å². The van der Waals surface area contributed by atoms with Crippen LogP contribution in [0.15, 0.2) is 11.0 Å². The van der Waals surface area contributed by atoms with Crippen molar-refractivity contribution in [3.63, 3.8) is 0 Å². The highest BCUT2D eigenvalue weighted by Gasteiger charge is 2.19. The Balaban J connectivity index is 2.65. The minimum Gasteiger partial charge on any atom is -0.383 e. The highest BCUT2D eigenvalue weighted by Crippen LogP contribution is 2.26. The Morgan fingerprint density at radius 2 is 2.14 bits per heavy atom. The van der Waals surface area contributed by atoms with Crippen LogP contribution in [0.1, 0.15) is 17.7 Å². The van der Waals surface area contributed by atoms with Crippen LogP contribution >= 0.6 is 0 Å². The van der Waals surface area contributed by atoms with Crippen LogP contribution in [0.3, 0.4) is 0 Å². The predicted octanol–water partition coefficient (Wildman–Crippen LogP) is 0.556. The quantitative estimate of drug-likeness (QED) is 0.738. The summed E-state index contributed by atoms with van der Waals surface area (Å²) in [4.78, 5) is 4.28. The molecule has 0 aromatic carbocycles. The minimum atomic E-state index is -3.24. The predicted molar refractivity (Wildman–Crippen MR) is 53.8 cm³/mol. The van der Waals surface area contributed by atoms with Gasteiger partial charge in [-0.15, -0.1) is 0 Å². The van der Waals surface area contributed by atoms with Gasteiger partial charge in [-0.05, 0) is 30.9 Å². The standard InChI is InChI=1S/C9H12N2O2S/c1-14(12,13)8-5-6-3-2-4-7(6)11-9(8)10/h5H,2-4H2,1H3,(H2,10,11). The van der Waals surface area contributed by atoms with E-state index in [4.69, 9.17) is 5.73 Å². The molecule has 1 aliphatic rings. The Bertz CT molecular complexity index is 480. The molecule has 4 nitrogen and oxygen atoms in total. The van der Waals surface area contributed by atoms with Gasteiger partial charge in [0.25, 0.3) is 0 Å². The van der Waals surface area contributed by atoms with E-state index in [1.165, 1.54) is 0 Å². The van der Waals surface area contributed by atoms with Crippen molar-refractivity contribution in [3.05, 3.63) is 17.3 Å². The molecule has 2 rings (SSSR count). The molecule has 5 heteroatoms. The Hall–Kier alpha value is -1.10. The molecule has 14 heavy (non-hydrogen) atoms. The van der Waals surface area contributed by atoms with Gasteiger partial charge in [-0.2, -0.15) is 0 Å². The molecule has 76 valence electrons. The molecule has 1 aromatic heterocycles. The van der Waals surface area contributed by atoms with Crippen LogP contribution in [0.2, 0.25) is 0 Å². The van der Waals surface area contributed by atoms with Crippen LogP contribution in [0.5, 0.6) is 0 Å². The van der Waals surface area contributed by atoms with Crippen LogP contribution in [0.4, 0.5) is 5.82 Å². The fraction of sp³-hybridized carbons (Fsp3) is 0.444.